The smallest absolute Gasteiger partial charge is 0.195 e. The second kappa shape index (κ2) is 4.41. The molecule has 0 radical (unpaired) electrons. The van der Waals surface area contributed by atoms with Crippen molar-refractivity contribution in [2.75, 3.05) is 0 Å². The minimum atomic E-state index is -0.277. The van der Waals surface area contributed by atoms with E-state index in [0.717, 1.165) is 5.56 Å². The van der Waals surface area contributed by atoms with E-state index in [1.165, 1.54) is 6.07 Å². The van der Waals surface area contributed by atoms with Crippen LogP contribution in [0.25, 0.3) is 11.4 Å². The molecule has 90 valence electrons. The Kier molecular flexibility index (Phi) is 3.11. The zero-order valence-corrected chi connectivity index (χ0v) is 10.8. The lowest BCUT2D eigenvalue weighted by Gasteiger charge is -2.11. The predicted octanol–water partition coefficient (Wildman–Crippen LogP) is 3.64. The van der Waals surface area contributed by atoms with Gasteiger partial charge >= 0.3 is 0 Å². The average Bonchev–Trinajstić information content (AvgIpc) is 2.60. The summed E-state index contributed by atoms with van der Waals surface area (Å²) in [7, 11) is 0. The van der Waals surface area contributed by atoms with Gasteiger partial charge in [-0.05, 0) is 50.7 Å². The van der Waals surface area contributed by atoms with E-state index in [1.54, 1.807) is 6.07 Å². The third kappa shape index (κ3) is 2.15. The largest absolute Gasteiger partial charge is 0.298 e. The summed E-state index contributed by atoms with van der Waals surface area (Å²) < 4.78 is 16.2. The van der Waals surface area contributed by atoms with Crippen molar-refractivity contribution in [3.05, 3.63) is 34.4 Å². The normalized spacial score (nSPS) is 11.1. The number of benzene rings is 1. The van der Waals surface area contributed by atoms with Gasteiger partial charge in [0.2, 0.25) is 0 Å². The van der Waals surface area contributed by atoms with Crippen LogP contribution < -0.4 is 0 Å². The number of aryl methyl sites for hydroxylation is 1. The lowest BCUT2D eigenvalue weighted by molar-refractivity contribution is 0.588. The molecule has 0 amide bonds. The second-order valence-electron chi connectivity index (χ2n) is 4.30. The van der Waals surface area contributed by atoms with E-state index >= 15 is 0 Å². The molecular formula is C12H14FN3S. The highest BCUT2D eigenvalue weighted by Crippen LogP contribution is 2.24. The fourth-order valence-corrected chi connectivity index (χ4v) is 2.12. The summed E-state index contributed by atoms with van der Waals surface area (Å²) in [6.45, 7) is 5.83. The maximum atomic E-state index is 13.9. The SMILES string of the molecule is Cc1ccc(-c2n[nH]c(=S)n2C(C)C)c(F)c1. The Bertz CT molecular complexity index is 598. The number of nitrogens with one attached hydrogen (secondary N) is 1. The van der Waals surface area contributed by atoms with Crippen molar-refractivity contribution >= 4 is 12.2 Å². The molecule has 0 aliphatic heterocycles. The zero-order chi connectivity index (χ0) is 12.6. The molecule has 0 aliphatic carbocycles. The summed E-state index contributed by atoms with van der Waals surface area (Å²) in [6.07, 6.45) is 0. The summed E-state index contributed by atoms with van der Waals surface area (Å²) in [6, 6.07) is 5.23. The summed E-state index contributed by atoms with van der Waals surface area (Å²) >= 11 is 5.14. The maximum Gasteiger partial charge on any atom is 0.195 e. The van der Waals surface area contributed by atoms with Gasteiger partial charge in [0.15, 0.2) is 10.6 Å². The molecule has 0 spiro atoms. The average molecular weight is 251 g/mol. The zero-order valence-electron chi connectivity index (χ0n) is 9.99. The number of nitrogens with zero attached hydrogens (tertiary/aromatic N) is 2. The standard InChI is InChI=1S/C12H14FN3S/c1-7(2)16-11(14-15-12(16)17)9-5-4-8(3)6-10(9)13/h4-7H,1-3H3,(H,15,17). The molecule has 1 aromatic heterocycles. The summed E-state index contributed by atoms with van der Waals surface area (Å²) in [4.78, 5) is 0. The van der Waals surface area contributed by atoms with Gasteiger partial charge in [-0.1, -0.05) is 6.07 Å². The van der Waals surface area contributed by atoms with Gasteiger partial charge in [-0.3, -0.25) is 9.67 Å². The number of H-pyrrole nitrogens is 1. The number of rotatable bonds is 2. The van der Waals surface area contributed by atoms with Gasteiger partial charge in [-0.25, -0.2) is 4.39 Å². The Labute approximate surface area is 104 Å². The van der Waals surface area contributed by atoms with Crippen molar-refractivity contribution in [1.82, 2.24) is 14.8 Å². The van der Waals surface area contributed by atoms with Gasteiger partial charge in [-0.15, -0.1) is 0 Å². The summed E-state index contributed by atoms with van der Waals surface area (Å²) in [5.74, 6) is 0.267. The Hall–Kier alpha value is -1.49. The van der Waals surface area contributed by atoms with Crippen molar-refractivity contribution in [2.24, 2.45) is 0 Å². The van der Waals surface area contributed by atoms with Crippen LogP contribution in [-0.2, 0) is 0 Å². The van der Waals surface area contributed by atoms with E-state index in [4.69, 9.17) is 12.2 Å². The fourth-order valence-electron chi connectivity index (χ4n) is 1.78. The molecule has 0 unspecified atom stereocenters. The lowest BCUT2D eigenvalue weighted by atomic mass is 10.1. The molecule has 0 aliphatic rings. The minimum absolute atomic E-state index is 0.136. The summed E-state index contributed by atoms with van der Waals surface area (Å²) in [5, 5.41) is 6.81. The first kappa shape index (κ1) is 12.0. The molecule has 1 heterocycles. The Morgan fingerprint density at radius 1 is 1.41 bits per heavy atom. The van der Waals surface area contributed by atoms with Gasteiger partial charge in [-0.2, -0.15) is 5.10 Å². The first-order chi connectivity index (χ1) is 8.00. The van der Waals surface area contributed by atoms with Crippen LogP contribution in [0.3, 0.4) is 0 Å². The lowest BCUT2D eigenvalue weighted by Crippen LogP contribution is -2.04. The van der Waals surface area contributed by atoms with Crippen LogP contribution in [0.15, 0.2) is 18.2 Å². The van der Waals surface area contributed by atoms with Crippen LogP contribution in [0.4, 0.5) is 4.39 Å². The number of halogens is 1. The van der Waals surface area contributed by atoms with Crippen LogP contribution in [0, 0.1) is 17.5 Å². The van der Waals surface area contributed by atoms with E-state index in [2.05, 4.69) is 10.2 Å². The van der Waals surface area contributed by atoms with Crippen molar-refractivity contribution < 1.29 is 4.39 Å². The van der Waals surface area contributed by atoms with Crippen LogP contribution in [0.5, 0.6) is 0 Å². The first-order valence-electron chi connectivity index (χ1n) is 5.44. The first-order valence-corrected chi connectivity index (χ1v) is 5.85. The molecule has 3 nitrogen and oxygen atoms in total. The predicted molar refractivity (Wildman–Crippen MR) is 67.9 cm³/mol. The molecule has 0 saturated heterocycles. The highest BCUT2D eigenvalue weighted by molar-refractivity contribution is 7.71. The van der Waals surface area contributed by atoms with Crippen molar-refractivity contribution in [2.45, 2.75) is 26.8 Å². The highest BCUT2D eigenvalue weighted by Gasteiger charge is 2.14. The van der Waals surface area contributed by atoms with E-state index in [1.807, 2.05) is 31.4 Å². The second-order valence-corrected chi connectivity index (χ2v) is 4.69. The van der Waals surface area contributed by atoms with Crippen molar-refractivity contribution in [3.8, 4) is 11.4 Å². The third-order valence-corrected chi connectivity index (χ3v) is 2.87. The van der Waals surface area contributed by atoms with Gasteiger partial charge in [0.25, 0.3) is 0 Å². The molecule has 1 aromatic carbocycles. The molecule has 0 fully saturated rings. The molecule has 0 saturated carbocycles. The van der Waals surface area contributed by atoms with E-state index in [0.29, 0.717) is 16.2 Å². The third-order valence-electron chi connectivity index (χ3n) is 2.59. The van der Waals surface area contributed by atoms with Crippen LogP contribution in [-0.4, -0.2) is 14.8 Å². The Morgan fingerprint density at radius 2 is 2.12 bits per heavy atom. The van der Waals surface area contributed by atoms with Crippen molar-refractivity contribution in [1.29, 1.82) is 0 Å². The van der Waals surface area contributed by atoms with Crippen LogP contribution in [0.2, 0.25) is 0 Å². The van der Waals surface area contributed by atoms with Crippen LogP contribution >= 0.6 is 12.2 Å². The monoisotopic (exact) mass is 251 g/mol. The highest BCUT2D eigenvalue weighted by atomic mass is 32.1. The van der Waals surface area contributed by atoms with Crippen LogP contribution in [0.1, 0.15) is 25.5 Å². The van der Waals surface area contributed by atoms with E-state index < -0.39 is 0 Å². The van der Waals surface area contributed by atoms with E-state index in [-0.39, 0.29) is 11.9 Å². The molecule has 0 atom stereocenters. The number of aromatic amines is 1. The number of hydrogen-bond acceptors (Lipinski definition) is 2. The minimum Gasteiger partial charge on any atom is -0.298 e. The molecular weight excluding hydrogens is 237 g/mol. The molecule has 17 heavy (non-hydrogen) atoms. The molecule has 2 aromatic rings. The Balaban J connectivity index is 2.65. The fraction of sp³-hybridized carbons (Fsp3) is 0.333. The molecule has 1 N–H and O–H groups in total. The van der Waals surface area contributed by atoms with Gasteiger partial charge in [0.05, 0.1) is 5.56 Å². The maximum absolute atomic E-state index is 13.9. The van der Waals surface area contributed by atoms with Gasteiger partial charge in [0.1, 0.15) is 5.82 Å². The topological polar surface area (TPSA) is 33.6 Å². The van der Waals surface area contributed by atoms with Gasteiger partial charge < -0.3 is 0 Å². The van der Waals surface area contributed by atoms with E-state index in [9.17, 15) is 4.39 Å². The molecule has 2 rings (SSSR count). The van der Waals surface area contributed by atoms with Gasteiger partial charge in [0, 0.05) is 6.04 Å². The Morgan fingerprint density at radius 3 is 2.71 bits per heavy atom. The van der Waals surface area contributed by atoms with Crippen molar-refractivity contribution in [3.63, 3.8) is 0 Å². The molecule has 5 heteroatoms. The summed E-state index contributed by atoms with van der Waals surface area (Å²) in [5.41, 5.74) is 1.35. The quantitative estimate of drug-likeness (QED) is 0.827. The number of hydrogen-bond donors (Lipinski definition) is 1. The molecule has 0 bridgehead atoms. The number of aromatic nitrogens is 3.